The highest BCUT2D eigenvalue weighted by atomic mass is 35.5. The fourth-order valence-electron chi connectivity index (χ4n) is 1.65. The van der Waals surface area contributed by atoms with E-state index < -0.39 is 10.0 Å². The Bertz CT molecular complexity index is 399. The maximum Gasteiger partial charge on any atom is 0.250 e. The molecule has 4 nitrogen and oxygen atoms in total. The van der Waals surface area contributed by atoms with Gasteiger partial charge in [-0.3, -0.25) is 0 Å². The minimum Gasteiger partial charge on any atom is -0.315 e. The summed E-state index contributed by atoms with van der Waals surface area (Å²) in [5, 5.41) is 4.95. The Morgan fingerprint density at radius 1 is 1.50 bits per heavy atom. The van der Waals surface area contributed by atoms with Crippen molar-refractivity contribution in [3.63, 3.8) is 0 Å². The van der Waals surface area contributed by atoms with Gasteiger partial charge in [-0.25, -0.2) is 13.1 Å². The molecule has 2 N–H and O–H groups in total. The van der Waals surface area contributed by atoms with Crippen LogP contribution in [-0.2, 0) is 10.0 Å². The Morgan fingerprint density at radius 3 is 2.88 bits per heavy atom. The fourth-order valence-corrected chi connectivity index (χ4v) is 3.93. The van der Waals surface area contributed by atoms with E-state index in [1.165, 1.54) is 11.3 Å². The molecule has 1 aliphatic heterocycles. The van der Waals surface area contributed by atoms with Gasteiger partial charge >= 0.3 is 0 Å². The van der Waals surface area contributed by atoms with Gasteiger partial charge in [0.25, 0.3) is 0 Å². The van der Waals surface area contributed by atoms with Gasteiger partial charge in [0.1, 0.15) is 4.21 Å². The van der Waals surface area contributed by atoms with E-state index in [4.69, 9.17) is 0 Å². The second kappa shape index (κ2) is 5.97. The molecule has 16 heavy (non-hydrogen) atoms. The first-order valence-electron chi connectivity index (χ1n) is 4.95. The van der Waals surface area contributed by atoms with Crippen LogP contribution >= 0.6 is 23.7 Å². The van der Waals surface area contributed by atoms with Crippen LogP contribution in [0.25, 0.3) is 0 Å². The molecule has 1 saturated heterocycles. The third-order valence-electron chi connectivity index (χ3n) is 2.38. The van der Waals surface area contributed by atoms with E-state index in [0.29, 0.717) is 4.21 Å². The lowest BCUT2D eigenvalue weighted by atomic mass is 10.1. The van der Waals surface area contributed by atoms with E-state index in [0.717, 1.165) is 25.9 Å². The summed E-state index contributed by atoms with van der Waals surface area (Å²) in [6.07, 6.45) is 1.94. The molecule has 92 valence electrons. The predicted molar refractivity (Wildman–Crippen MR) is 67.8 cm³/mol. The van der Waals surface area contributed by atoms with Crippen molar-refractivity contribution in [1.29, 1.82) is 0 Å². The van der Waals surface area contributed by atoms with E-state index >= 15 is 0 Å². The van der Waals surface area contributed by atoms with E-state index in [1.807, 2.05) is 0 Å². The molecule has 1 fully saturated rings. The minimum absolute atomic E-state index is 0. The number of piperidine rings is 1. The predicted octanol–water partition coefficient (Wildman–Crippen LogP) is 1.20. The molecule has 0 saturated carbocycles. The van der Waals surface area contributed by atoms with Crippen LogP contribution in [0.3, 0.4) is 0 Å². The smallest absolute Gasteiger partial charge is 0.250 e. The third kappa shape index (κ3) is 3.43. The zero-order valence-corrected chi connectivity index (χ0v) is 11.1. The fraction of sp³-hybridized carbons (Fsp3) is 0.556. The standard InChI is InChI=1S/C9H14N2O2S2.ClH/c12-15(13,9-4-2-6-14-9)11-8-3-1-5-10-7-8;/h2,4,6,8,10-11H,1,3,5,7H2;1H/t8-;/m0./s1. The Morgan fingerprint density at radius 2 is 2.31 bits per heavy atom. The first-order valence-corrected chi connectivity index (χ1v) is 7.31. The molecule has 0 radical (unpaired) electrons. The van der Waals surface area contributed by atoms with Gasteiger partial charge in [0.05, 0.1) is 0 Å². The molecule has 1 aromatic heterocycles. The molecule has 1 aliphatic rings. The SMILES string of the molecule is Cl.O=S(=O)(N[C@H]1CCCNC1)c1cccs1. The first kappa shape index (κ1) is 13.9. The minimum atomic E-state index is -3.29. The number of hydrogen-bond acceptors (Lipinski definition) is 4. The lowest BCUT2D eigenvalue weighted by Gasteiger charge is -2.23. The summed E-state index contributed by atoms with van der Waals surface area (Å²) < 4.78 is 26.8. The number of thiophene rings is 1. The van der Waals surface area contributed by atoms with Crippen molar-refractivity contribution in [1.82, 2.24) is 10.0 Å². The molecule has 1 aromatic rings. The monoisotopic (exact) mass is 282 g/mol. The molecule has 0 aromatic carbocycles. The molecular formula is C9H15ClN2O2S2. The largest absolute Gasteiger partial charge is 0.315 e. The van der Waals surface area contributed by atoms with E-state index in [-0.39, 0.29) is 18.4 Å². The summed E-state index contributed by atoms with van der Waals surface area (Å²) in [7, 11) is -3.29. The summed E-state index contributed by atoms with van der Waals surface area (Å²) in [6, 6.07) is 3.41. The summed E-state index contributed by atoms with van der Waals surface area (Å²) in [5.41, 5.74) is 0. The molecule has 0 spiro atoms. The second-order valence-corrected chi connectivity index (χ2v) is 6.49. The van der Waals surface area contributed by atoms with Crippen molar-refractivity contribution >= 4 is 33.8 Å². The molecule has 2 rings (SSSR count). The number of sulfonamides is 1. The van der Waals surface area contributed by atoms with Crippen LogP contribution in [0.1, 0.15) is 12.8 Å². The second-order valence-electron chi connectivity index (χ2n) is 3.60. The number of nitrogens with one attached hydrogen (secondary N) is 2. The Kier molecular flexibility index (Phi) is 5.20. The van der Waals surface area contributed by atoms with Crippen molar-refractivity contribution in [2.24, 2.45) is 0 Å². The molecule has 1 atom stereocenters. The van der Waals surface area contributed by atoms with Crippen LogP contribution in [0, 0.1) is 0 Å². The van der Waals surface area contributed by atoms with Gasteiger partial charge in [0.15, 0.2) is 0 Å². The molecule has 0 aliphatic carbocycles. The molecule has 0 unspecified atom stereocenters. The maximum absolute atomic E-state index is 11.8. The van der Waals surface area contributed by atoms with Crippen molar-refractivity contribution in [2.45, 2.75) is 23.1 Å². The van der Waals surface area contributed by atoms with Crippen LogP contribution in [0.15, 0.2) is 21.7 Å². The molecule has 0 bridgehead atoms. The van der Waals surface area contributed by atoms with E-state index in [1.54, 1.807) is 17.5 Å². The van der Waals surface area contributed by atoms with Gasteiger partial charge in [0, 0.05) is 12.6 Å². The molecular weight excluding hydrogens is 268 g/mol. The zero-order valence-electron chi connectivity index (χ0n) is 8.68. The maximum atomic E-state index is 11.8. The highest BCUT2D eigenvalue weighted by Gasteiger charge is 2.21. The average molecular weight is 283 g/mol. The van der Waals surface area contributed by atoms with Crippen LogP contribution in [0.5, 0.6) is 0 Å². The number of halogens is 1. The zero-order chi connectivity index (χ0) is 10.7. The first-order chi connectivity index (χ1) is 7.18. The Labute approximate surface area is 106 Å². The molecule has 7 heteroatoms. The highest BCUT2D eigenvalue weighted by Crippen LogP contribution is 2.16. The molecule has 0 amide bonds. The lowest BCUT2D eigenvalue weighted by molar-refractivity contribution is 0.429. The van der Waals surface area contributed by atoms with Gasteiger partial charge in [-0.2, -0.15) is 0 Å². The molecule has 2 heterocycles. The quantitative estimate of drug-likeness (QED) is 0.876. The van der Waals surface area contributed by atoms with Gasteiger partial charge in [0.2, 0.25) is 10.0 Å². The van der Waals surface area contributed by atoms with Crippen molar-refractivity contribution in [2.75, 3.05) is 13.1 Å². The normalized spacial score (nSPS) is 21.4. The third-order valence-corrected chi connectivity index (χ3v) is 5.30. The van der Waals surface area contributed by atoms with E-state index in [2.05, 4.69) is 10.0 Å². The van der Waals surface area contributed by atoms with Crippen LogP contribution in [-0.4, -0.2) is 27.5 Å². The van der Waals surface area contributed by atoms with Crippen molar-refractivity contribution in [3.05, 3.63) is 17.5 Å². The average Bonchev–Trinajstić information content (AvgIpc) is 2.71. The van der Waals surface area contributed by atoms with Gasteiger partial charge in [-0.05, 0) is 30.8 Å². The topological polar surface area (TPSA) is 58.2 Å². The lowest BCUT2D eigenvalue weighted by Crippen LogP contribution is -2.45. The van der Waals surface area contributed by atoms with Crippen LogP contribution < -0.4 is 10.0 Å². The van der Waals surface area contributed by atoms with Gasteiger partial charge in [-0.15, -0.1) is 23.7 Å². The summed E-state index contributed by atoms with van der Waals surface area (Å²) >= 11 is 1.25. The van der Waals surface area contributed by atoms with Crippen LogP contribution in [0.2, 0.25) is 0 Å². The summed E-state index contributed by atoms with van der Waals surface area (Å²) in [4.78, 5) is 0. The van der Waals surface area contributed by atoms with Gasteiger partial charge in [-0.1, -0.05) is 6.07 Å². The summed E-state index contributed by atoms with van der Waals surface area (Å²) in [5.74, 6) is 0. The van der Waals surface area contributed by atoms with Crippen LogP contribution in [0.4, 0.5) is 0 Å². The Hall–Kier alpha value is -0.140. The van der Waals surface area contributed by atoms with Crippen molar-refractivity contribution < 1.29 is 8.42 Å². The number of hydrogen-bond donors (Lipinski definition) is 2. The highest BCUT2D eigenvalue weighted by molar-refractivity contribution is 7.91. The van der Waals surface area contributed by atoms with E-state index in [9.17, 15) is 8.42 Å². The van der Waals surface area contributed by atoms with Gasteiger partial charge < -0.3 is 5.32 Å². The van der Waals surface area contributed by atoms with Crippen molar-refractivity contribution in [3.8, 4) is 0 Å². The summed E-state index contributed by atoms with van der Waals surface area (Å²) in [6.45, 7) is 1.71. The number of rotatable bonds is 3. The Balaban J connectivity index is 0.00000128.